The predicted octanol–water partition coefficient (Wildman–Crippen LogP) is 3.85. The van der Waals surface area contributed by atoms with Gasteiger partial charge in [-0.2, -0.15) is 0 Å². The molecule has 0 aliphatic carbocycles. The fourth-order valence-electron chi connectivity index (χ4n) is 3.05. The van der Waals surface area contributed by atoms with E-state index >= 15 is 0 Å². The second-order valence-corrected chi connectivity index (χ2v) is 8.43. The van der Waals surface area contributed by atoms with Gasteiger partial charge in [0.05, 0.1) is 12.2 Å². The molecule has 4 rings (SSSR count). The highest BCUT2D eigenvalue weighted by molar-refractivity contribution is 7.92. The Morgan fingerprint density at radius 3 is 2.37 bits per heavy atom. The van der Waals surface area contributed by atoms with Crippen LogP contribution < -0.4 is 4.31 Å². The van der Waals surface area contributed by atoms with E-state index in [0.29, 0.717) is 17.5 Å². The Morgan fingerprint density at radius 2 is 1.67 bits per heavy atom. The lowest BCUT2D eigenvalue weighted by molar-refractivity contribution is 0.577. The second kappa shape index (κ2) is 7.45. The zero-order valence-corrected chi connectivity index (χ0v) is 16.4. The molecule has 4 aromatic rings. The Bertz CT molecular complexity index is 1340. The van der Waals surface area contributed by atoms with Gasteiger partial charge in [-0.25, -0.2) is 21.6 Å². The molecular weight excluding hydrogens is 417 g/mol. The Labute approximate surface area is 170 Å². The average molecular weight is 432 g/mol. The molecule has 154 valence electrons. The van der Waals surface area contributed by atoms with Gasteiger partial charge in [-0.15, -0.1) is 10.2 Å². The second-order valence-electron chi connectivity index (χ2n) is 6.57. The van der Waals surface area contributed by atoms with Gasteiger partial charge in [0.15, 0.2) is 5.65 Å². The molecule has 0 aliphatic heterocycles. The van der Waals surface area contributed by atoms with Crippen molar-refractivity contribution in [3.05, 3.63) is 89.6 Å². The molecule has 0 radical (unpaired) electrons. The number of hydrogen-bond acceptors (Lipinski definition) is 4. The molecule has 2 heterocycles. The number of aromatic nitrogens is 3. The Kier molecular flexibility index (Phi) is 4.94. The molecule has 0 unspecified atom stereocenters. The summed E-state index contributed by atoms with van der Waals surface area (Å²) in [6.45, 7) is 1.19. The topological polar surface area (TPSA) is 67.6 Å². The maximum absolute atomic E-state index is 14.2. The van der Waals surface area contributed by atoms with E-state index in [-0.39, 0.29) is 16.1 Å². The van der Waals surface area contributed by atoms with Gasteiger partial charge in [-0.1, -0.05) is 18.2 Å². The van der Waals surface area contributed by atoms with Gasteiger partial charge in [0, 0.05) is 17.8 Å². The summed E-state index contributed by atoms with van der Waals surface area (Å²) >= 11 is 0. The van der Waals surface area contributed by atoms with Gasteiger partial charge in [-0.3, -0.25) is 8.71 Å². The summed E-state index contributed by atoms with van der Waals surface area (Å²) in [4.78, 5) is -0.168. The molecule has 0 N–H and O–H groups in total. The third kappa shape index (κ3) is 3.61. The van der Waals surface area contributed by atoms with Crippen molar-refractivity contribution in [2.24, 2.45) is 0 Å². The van der Waals surface area contributed by atoms with Gasteiger partial charge >= 0.3 is 0 Å². The minimum absolute atomic E-state index is 0.0484. The quantitative estimate of drug-likeness (QED) is 0.481. The molecule has 0 saturated heterocycles. The molecule has 6 nitrogen and oxygen atoms in total. The van der Waals surface area contributed by atoms with Crippen molar-refractivity contribution in [1.29, 1.82) is 0 Å². The first kappa shape index (κ1) is 19.9. The molecule has 0 bridgehead atoms. The van der Waals surface area contributed by atoms with Crippen LogP contribution in [0.3, 0.4) is 0 Å². The third-order valence-electron chi connectivity index (χ3n) is 4.54. The van der Waals surface area contributed by atoms with Crippen molar-refractivity contribution in [3.63, 3.8) is 0 Å². The average Bonchev–Trinajstić information content (AvgIpc) is 3.07. The summed E-state index contributed by atoms with van der Waals surface area (Å²) in [6, 6.07) is 10.7. The maximum atomic E-state index is 14.2. The fourth-order valence-corrected chi connectivity index (χ4v) is 4.47. The van der Waals surface area contributed by atoms with Gasteiger partial charge < -0.3 is 0 Å². The number of pyridine rings is 1. The fraction of sp³-hybridized carbons (Fsp3) is 0.100. The number of sulfonamides is 1. The molecule has 0 saturated carbocycles. The first-order valence-corrected chi connectivity index (χ1v) is 10.2. The first-order chi connectivity index (χ1) is 14.3. The van der Waals surface area contributed by atoms with Crippen LogP contribution in [0, 0.1) is 24.4 Å². The number of fused-ring (bicyclic) bond motifs is 1. The van der Waals surface area contributed by atoms with Gasteiger partial charge in [0.25, 0.3) is 10.0 Å². The summed E-state index contributed by atoms with van der Waals surface area (Å²) in [7, 11) is -4.33. The third-order valence-corrected chi connectivity index (χ3v) is 6.30. The Hall–Kier alpha value is -3.40. The largest absolute Gasteiger partial charge is 0.285 e. The lowest BCUT2D eigenvalue weighted by Crippen LogP contribution is -2.31. The molecule has 30 heavy (non-hydrogen) atoms. The number of rotatable bonds is 5. The monoisotopic (exact) mass is 432 g/mol. The molecule has 0 spiro atoms. The molecule has 2 aromatic heterocycles. The minimum Gasteiger partial charge on any atom is -0.285 e. The number of aryl methyl sites for hydroxylation is 1. The summed E-state index contributed by atoms with van der Waals surface area (Å²) in [5.74, 6) is -2.09. The molecule has 0 aliphatic rings. The van der Waals surface area contributed by atoms with E-state index in [0.717, 1.165) is 16.4 Å². The summed E-state index contributed by atoms with van der Waals surface area (Å²) < 4.78 is 71.1. The number of halogens is 3. The zero-order valence-electron chi connectivity index (χ0n) is 15.6. The molecule has 0 fully saturated rings. The Morgan fingerprint density at radius 1 is 0.967 bits per heavy atom. The number of nitrogens with zero attached hydrogens (tertiary/aromatic N) is 4. The highest BCUT2D eigenvalue weighted by Gasteiger charge is 2.28. The number of anilines is 1. The smallest absolute Gasteiger partial charge is 0.266 e. The van der Waals surface area contributed by atoms with Crippen molar-refractivity contribution in [2.75, 3.05) is 4.31 Å². The summed E-state index contributed by atoms with van der Waals surface area (Å²) in [5, 5.41) is 7.78. The van der Waals surface area contributed by atoms with E-state index in [9.17, 15) is 21.6 Å². The van der Waals surface area contributed by atoms with E-state index in [4.69, 9.17) is 0 Å². The van der Waals surface area contributed by atoms with Crippen LogP contribution in [0.2, 0.25) is 0 Å². The van der Waals surface area contributed by atoms with Gasteiger partial charge in [0.2, 0.25) is 0 Å². The standard InChI is InChI=1S/C20H15F3N4O2S/c1-13-24-25-20-7-6-18(12-26(13)20)30(28,29)27(11-14-4-2-3-5-19(14)23)17-9-15(21)8-16(22)10-17/h2-10,12H,11H2,1H3. The van der Waals surface area contributed by atoms with E-state index in [1.54, 1.807) is 13.0 Å². The SMILES string of the molecule is Cc1nnc2ccc(S(=O)(=O)N(Cc3ccccc3F)c3cc(F)cc(F)c3)cn12. The first-order valence-electron chi connectivity index (χ1n) is 8.79. The van der Waals surface area contributed by atoms with Gasteiger partial charge in [-0.05, 0) is 37.3 Å². The van der Waals surface area contributed by atoms with Crippen LogP contribution in [0.15, 0.2) is 65.7 Å². The van der Waals surface area contributed by atoms with E-state index in [1.165, 1.54) is 40.9 Å². The highest BCUT2D eigenvalue weighted by Crippen LogP contribution is 2.28. The lowest BCUT2D eigenvalue weighted by Gasteiger charge is -2.25. The van der Waals surface area contributed by atoms with Crippen LogP contribution in [0.4, 0.5) is 18.9 Å². The Balaban J connectivity index is 1.88. The maximum Gasteiger partial charge on any atom is 0.266 e. The van der Waals surface area contributed by atoms with E-state index in [1.807, 2.05) is 0 Å². The minimum atomic E-state index is -4.33. The van der Waals surface area contributed by atoms with E-state index in [2.05, 4.69) is 10.2 Å². The summed E-state index contributed by atoms with van der Waals surface area (Å²) in [5.41, 5.74) is 0.215. The number of hydrogen-bond donors (Lipinski definition) is 0. The molecular formula is C20H15F3N4O2S. The predicted molar refractivity (Wildman–Crippen MR) is 104 cm³/mol. The highest BCUT2D eigenvalue weighted by atomic mass is 32.2. The zero-order chi connectivity index (χ0) is 21.5. The van der Waals surface area contributed by atoms with Crippen molar-refractivity contribution in [3.8, 4) is 0 Å². The number of benzene rings is 2. The van der Waals surface area contributed by atoms with Crippen molar-refractivity contribution >= 4 is 21.4 Å². The molecule has 0 atom stereocenters. The molecule has 0 amide bonds. The van der Waals surface area contributed by atoms with Crippen molar-refractivity contribution in [1.82, 2.24) is 14.6 Å². The van der Waals surface area contributed by atoms with Crippen LogP contribution in [-0.2, 0) is 16.6 Å². The van der Waals surface area contributed by atoms with Gasteiger partial charge in [0.1, 0.15) is 28.2 Å². The van der Waals surface area contributed by atoms with E-state index < -0.39 is 34.0 Å². The van der Waals surface area contributed by atoms with Crippen molar-refractivity contribution < 1.29 is 21.6 Å². The van der Waals surface area contributed by atoms with Crippen LogP contribution in [0.25, 0.3) is 5.65 Å². The molecule has 10 heteroatoms. The van der Waals surface area contributed by atoms with Crippen LogP contribution in [0.5, 0.6) is 0 Å². The van der Waals surface area contributed by atoms with Crippen molar-refractivity contribution in [2.45, 2.75) is 18.4 Å². The molecule has 2 aromatic carbocycles. The van der Waals surface area contributed by atoms with Crippen LogP contribution >= 0.6 is 0 Å². The summed E-state index contributed by atoms with van der Waals surface area (Å²) in [6.07, 6.45) is 1.31. The lowest BCUT2D eigenvalue weighted by atomic mass is 10.2. The van der Waals surface area contributed by atoms with Crippen LogP contribution in [-0.4, -0.2) is 23.0 Å². The van der Waals surface area contributed by atoms with Crippen LogP contribution in [0.1, 0.15) is 11.4 Å². The normalized spacial score (nSPS) is 11.7.